The molecule has 0 fully saturated rings. The maximum Gasteiger partial charge on any atom is 0.307 e. The Hall–Kier alpha value is -1.98. The molecule has 1 N–H and O–H groups in total. The van der Waals surface area contributed by atoms with Gasteiger partial charge in [-0.1, -0.05) is 0 Å². The molecule has 0 amide bonds. The summed E-state index contributed by atoms with van der Waals surface area (Å²) < 4.78 is 0. The molecule has 6 heteroatoms. The molecular weight excluding hydrogens is 344 g/mol. The molecule has 0 saturated heterocycles. The second-order valence-corrected chi connectivity index (χ2v) is 6.98. The van der Waals surface area contributed by atoms with E-state index in [-0.39, 0.29) is 18.8 Å². The molecule has 1 aliphatic carbocycles. The summed E-state index contributed by atoms with van der Waals surface area (Å²) in [6.07, 6.45) is 6.86. The Morgan fingerprint density at radius 3 is 2.75 bits per heavy atom. The predicted octanol–water partition coefficient (Wildman–Crippen LogP) is 4.20. The number of nitrogens with zero attached hydrogens (tertiary/aromatic N) is 2. The van der Waals surface area contributed by atoms with Gasteiger partial charge in [0.1, 0.15) is 4.83 Å². The molecule has 0 radical (unpaired) electrons. The average Bonchev–Trinajstić information content (AvgIpc) is 3.09. The van der Waals surface area contributed by atoms with Crippen molar-refractivity contribution in [2.45, 2.75) is 32.6 Å². The summed E-state index contributed by atoms with van der Waals surface area (Å²) in [5.41, 5.74) is 5.07. The lowest BCUT2D eigenvalue weighted by Crippen LogP contribution is -2.06. The molecule has 0 atom stereocenters. The van der Waals surface area contributed by atoms with Crippen LogP contribution in [-0.2, 0) is 24.1 Å². The molecule has 0 bridgehead atoms. The quantitative estimate of drug-likeness (QED) is 0.760. The summed E-state index contributed by atoms with van der Waals surface area (Å²) >= 11 is 1.76. The summed E-state index contributed by atoms with van der Waals surface area (Å²) in [5.74, 6) is -0.823. The fraction of sp³-hybridized carbons (Fsp3) is 0.278. The van der Waals surface area contributed by atoms with E-state index in [0.29, 0.717) is 0 Å². The van der Waals surface area contributed by atoms with Gasteiger partial charge in [-0.15, -0.1) is 23.7 Å². The second-order valence-electron chi connectivity index (χ2n) is 5.89. The molecule has 0 saturated carbocycles. The van der Waals surface area contributed by atoms with Crippen LogP contribution >= 0.6 is 23.7 Å². The highest BCUT2D eigenvalue weighted by atomic mass is 35.5. The van der Waals surface area contributed by atoms with Crippen LogP contribution in [0.4, 0.5) is 0 Å². The van der Waals surface area contributed by atoms with E-state index in [0.717, 1.165) is 45.4 Å². The fourth-order valence-electron chi connectivity index (χ4n) is 3.48. The lowest BCUT2D eigenvalue weighted by Gasteiger charge is -2.14. The summed E-state index contributed by atoms with van der Waals surface area (Å²) in [5, 5.41) is 10.5. The maximum absolute atomic E-state index is 11.4. The summed E-state index contributed by atoms with van der Waals surface area (Å²) in [6.45, 7) is 1.91. The van der Waals surface area contributed by atoms with Gasteiger partial charge in [0.2, 0.25) is 0 Å². The highest BCUT2D eigenvalue weighted by molar-refractivity contribution is 7.19. The van der Waals surface area contributed by atoms with Crippen molar-refractivity contribution >= 4 is 39.9 Å². The van der Waals surface area contributed by atoms with Crippen LogP contribution in [0.5, 0.6) is 0 Å². The third-order valence-electron chi connectivity index (χ3n) is 4.46. The van der Waals surface area contributed by atoms with E-state index in [2.05, 4.69) is 4.98 Å². The van der Waals surface area contributed by atoms with Crippen molar-refractivity contribution in [2.24, 2.45) is 0 Å². The number of hydrogen-bond donors (Lipinski definition) is 1. The van der Waals surface area contributed by atoms with E-state index in [1.54, 1.807) is 23.7 Å². The van der Waals surface area contributed by atoms with E-state index in [4.69, 9.17) is 4.98 Å². The fourth-order valence-corrected chi connectivity index (χ4v) is 4.80. The molecule has 24 heavy (non-hydrogen) atoms. The first-order valence-electron chi connectivity index (χ1n) is 7.71. The monoisotopic (exact) mass is 360 g/mol. The van der Waals surface area contributed by atoms with Gasteiger partial charge in [0.05, 0.1) is 6.42 Å². The van der Waals surface area contributed by atoms with Crippen LogP contribution in [0.25, 0.3) is 21.3 Å². The smallest absolute Gasteiger partial charge is 0.307 e. The first kappa shape index (κ1) is 16.9. The van der Waals surface area contributed by atoms with Crippen molar-refractivity contribution in [1.82, 2.24) is 9.97 Å². The van der Waals surface area contributed by atoms with Crippen molar-refractivity contribution < 1.29 is 9.90 Å². The van der Waals surface area contributed by atoms with Crippen LogP contribution in [0.3, 0.4) is 0 Å². The van der Waals surface area contributed by atoms with Crippen molar-refractivity contribution in [1.29, 1.82) is 0 Å². The van der Waals surface area contributed by atoms with Gasteiger partial charge in [0.15, 0.2) is 0 Å². The number of halogens is 1. The van der Waals surface area contributed by atoms with Crippen LogP contribution in [0.1, 0.15) is 28.1 Å². The summed E-state index contributed by atoms with van der Waals surface area (Å²) in [7, 11) is 0. The normalized spacial score (nSPS) is 12.9. The standard InChI is InChI=1S/C18H16N2O2S.ClH/c1-10-13(9-15(21)22)16(11-5-7-19-8-6-11)17-12-3-2-4-14(12)23-18(17)20-10;/h5-8H,2-4,9H2,1H3,(H,21,22);1H. The average molecular weight is 361 g/mol. The van der Waals surface area contributed by atoms with Gasteiger partial charge < -0.3 is 5.11 Å². The van der Waals surface area contributed by atoms with Crippen molar-refractivity contribution in [3.63, 3.8) is 0 Å². The number of hydrogen-bond acceptors (Lipinski definition) is 4. The first-order valence-corrected chi connectivity index (χ1v) is 8.52. The largest absolute Gasteiger partial charge is 0.481 e. The molecule has 0 aliphatic heterocycles. The number of aromatic nitrogens is 2. The number of rotatable bonds is 3. The van der Waals surface area contributed by atoms with Gasteiger partial charge in [-0.25, -0.2) is 4.98 Å². The number of aryl methyl sites for hydroxylation is 3. The Morgan fingerprint density at radius 2 is 2.04 bits per heavy atom. The van der Waals surface area contributed by atoms with Gasteiger partial charge in [-0.05, 0) is 60.6 Å². The molecule has 124 valence electrons. The van der Waals surface area contributed by atoms with Crippen LogP contribution in [-0.4, -0.2) is 21.0 Å². The Kier molecular flexibility index (Phi) is 4.56. The SMILES string of the molecule is Cc1nc2sc3c(c2c(-c2ccncc2)c1CC(=O)O)CCC3.Cl. The number of pyridine rings is 2. The molecular formula is C18H17ClN2O2S. The molecule has 3 aromatic heterocycles. The highest BCUT2D eigenvalue weighted by Gasteiger charge is 2.25. The zero-order valence-corrected chi connectivity index (χ0v) is 14.8. The number of aliphatic carboxylic acids is 1. The summed E-state index contributed by atoms with van der Waals surface area (Å²) in [4.78, 5) is 22.6. The van der Waals surface area contributed by atoms with E-state index < -0.39 is 5.97 Å². The minimum atomic E-state index is -0.823. The van der Waals surface area contributed by atoms with Gasteiger partial charge >= 0.3 is 5.97 Å². The Balaban J connectivity index is 0.00000169. The Morgan fingerprint density at radius 1 is 1.29 bits per heavy atom. The van der Waals surface area contributed by atoms with Crippen LogP contribution in [0, 0.1) is 6.92 Å². The van der Waals surface area contributed by atoms with E-state index in [9.17, 15) is 9.90 Å². The topological polar surface area (TPSA) is 63.1 Å². The minimum Gasteiger partial charge on any atom is -0.481 e. The lowest BCUT2D eigenvalue weighted by molar-refractivity contribution is -0.136. The van der Waals surface area contributed by atoms with E-state index >= 15 is 0 Å². The Labute approximate surface area is 150 Å². The molecule has 0 spiro atoms. The second kappa shape index (κ2) is 6.49. The molecule has 0 aromatic carbocycles. The van der Waals surface area contributed by atoms with Gasteiger partial charge in [-0.2, -0.15) is 0 Å². The van der Waals surface area contributed by atoms with Crippen molar-refractivity contribution in [2.75, 3.05) is 0 Å². The molecule has 4 nitrogen and oxygen atoms in total. The zero-order valence-electron chi connectivity index (χ0n) is 13.2. The van der Waals surface area contributed by atoms with Crippen LogP contribution < -0.4 is 0 Å². The number of carbonyl (C=O) groups is 1. The Bertz CT molecular complexity index is 922. The molecule has 3 aromatic rings. The van der Waals surface area contributed by atoms with E-state index in [1.165, 1.54) is 16.9 Å². The van der Waals surface area contributed by atoms with Crippen molar-refractivity contribution in [3.8, 4) is 11.1 Å². The minimum absolute atomic E-state index is 0. The maximum atomic E-state index is 11.4. The molecule has 3 heterocycles. The lowest BCUT2D eigenvalue weighted by atomic mass is 9.93. The molecule has 4 rings (SSSR count). The van der Waals surface area contributed by atoms with E-state index in [1.807, 2.05) is 19.1 Å². The number of carboxylic acid groups (broad SMARTS) is 1. The molecule has 1 aliphatic rings. The number of carboxylic acids is 1. The molecule has 0 unspecified atom stereocenters. The predicted molar refractivity (Wildman–Crippen MR) is 98.2 cm³/mol. The highest BCUT2D eigenvalue weighted by Crippen LogP contribution is 2.43. The first-order chi connectivity index (χ1) is 11.1. The van der Waals surface area contributed by atoms with Gasteiger partial charge in [-0.3, -0.25) is 9.78 Å². The zero-order chi connectivity index (χ0) is 16.0. The third-order valence-corrected chi connectivity index (χ3v) is 5.64. The van der Waals surface area contributed by atoms with Crippen LogP contribution in [0.2, 0.25) is 0 Å². The van der Waals surface area contributed by atoms with Gasteiger partial charge in [0.25, 0.3) is 0 Å². The number of thiophene rings is 1. The third kappa shape index (κ3) is 2.68. The van der Waals surface area contributed by atoms with Gasteiger partial charge in [0, 0.05) is 28.4 Å². The number of fused-ring (bicyclic) bond motifs is 3. The summed E-state index contributed by atoms with van der Waals surface area (Å²) in [6, 6.07) is 3.91. The van der Waals surface area contributed by atoms with Crippen LogP contribution in [0.15, 0.2) is 24.5 Å². The van der Waals surface area contributed by atoms with Crippen molar-refractivity contribution in [3.05, 3.63) is 46.2 Å².